The highest BCUT2D eigenvalue weighted by Crippen LogP contribution is 1.89. The molecule has 6 nitrogen and oxygen atoms in total. The van der Waals surface area contributed by atoms with Crippen LogP contribution in [0.15, 0.2) is 0 Å². The van der Waals surface area contributed by atoms with Gasteiger partial charge >= 0.3 is 8.56 Å². The molecule has 0 saturated carbocycles. The van der Waals surface area contributed by atoms with Gasteiger partial charge in [0, 0.05) is 42.3 Å². The SMILES string of the molecule is CN(C)N[Si](C)(NN(C)C)NN(C)C. The lowest BCUT2D eigenvalue weighted by Crippen LogP contribution is -2.77. The maximum Gasteiger partial charge on any atom is 0.319 e. The van der Waals surface area contributed by atoms with Gasteiger partial charge in [0.25, 0.3) is 0 Å². The third-order valence-corrected chi connectivity index (χ3v) is 4.02. The Morgan fingerprint density at radius 3 is 1.00 bits per heavy atom. The van der Waals surface area contributed by atoms with E-state index in [0.29, 0.717) is 0 Å². The number of hydrazine groups is 3. The summed E-state index contributed by atoms with van der Waals surface area (Å²) in [6.45, 7) is 2.16. The van der Waals surface area contributed by atoms with Gasteiger partial charge in [-0.15, -0.1) is 0 Å². The first-order chi connectivity index (χ1) is 6.25. The summed E-state index contributed by atoms with van der Waals surface area (Å²) >= 11 is 0. The molecule has 3 N–H and O–H groups in total. The third-order valence-electron chi connectivity index (χ3n) is 1.34. The smallest absolute Gasteiger partial charge is 0.255 e. The third kappa shape index (κ3) is 6.43. The topological polar surface area (TPSA) is 45.8 Å². The molecular formula is C7H24N6Si. The summed E-state index contributed by atoms with van der Waals surface area (Å²) in [5.41, 5.74) is 0. The van der Waals surface area contributed by atoms with E-state index in [1.54, 1.807) is 0 Å². The summed E-state index contributed by atoms with van der Waals surface area (Å²) in [6, 6.07) is 0. The van der Waals surface area contributed by atoms with Crippen molar-refractivity contribution < 1.29 is 0 Å². The lowest BCUT2D eigenvalue weighted by atomic mass is 11.2. The lowest BCUT2D eigenvalue weighted by molar-refractivity contribution is 0.272. The highest BCUT2D eigenvalue weighted by molar-refractivity contribution is 6.70. The molecule has 0 radical (unpaired) electrons. The molecule has 0 amide bonds. The van der Waals surface area contributed by atoms with Crippen LogP contribution in [-0.4, -0.2) is 65.9 Å². The molecular weight excluding hydrogens is 196 g/mol. The van der Waals surface area contributed by atoms with Crippen molar-refractivity contribution in [2.75, 3.05) is 42.3 Å². The van der Waals surface area contributed by atoms with Crippen LogP contribution < -0.4 is 15.3 Å². The van der Waals surface area contributed by atoms with E-state index in [0.717, 1.165) is 0 Å². The van der Waals surface area contributed by atoms with Crippen molar-refractivity contribution in [3.05, 3.63) is 0 Å². The Bertz CT molecular complexity index is 134. The zero-order chi connectivity index (χ0) is 11.4. The summed E-state index contributed by atoms with van der Waals surface area (Å²) in [4.78, 5) is 0. The molecule has 0 aliphatic heterocycles. The Morgan fingerprint density at radius 1 is 0.643 bits per heavy atom. The molecule has 0 aromatic rings. The first kappa shape index (κ1) is 14.0. The number of hydrogen-bond donors (Lipinski definition) is 3. The highest BCUT2D eigenvalue weighted by atomic mass is 28.4. The van der Waals surface area contributed by atoms with Crippen LogP contribution in [0.3, 0.4) is 0 Å². The number of nitrogens with one attached hydrogen (secondary N) is 3. The molecule has 0 unspecified atom stereocenters. The average molecular weight is 220 g/mol. The van der Waals surface area contributed by atoms with Gasteiger partial charge in [0.05, 0.1) is 0 Å². The highest BCUT2D eigenvalue weighted by Gasteiger charge is 2.30. The Labute approximate surface area is 88.4 Å². The Kier molecular flexibility index (Phi) is 5.75. The van der Waals surface area contributed by atoms with Crippen molar-refractivity contribution in [3.63, 3.8) is 0 Å². The summed E-state index contributed by atoms with van der Waals surface area (Å²) in [5.74, 6) is 0. The Morgan fingerprint density at radius 2 is 0.857 bits per heavy atom. The molecule has 0 aliphatic rings. The van der Waals surface area contributed by atoms with E-state index in [2.05, 4.69) is 21.8 Å². The van der Waals surface area contributed by atoms with Gasteiger partial charge in [-0.3, -0.25) is 15.0 Å². The zero-order valence-electron chi connectivity index (χ0n) is 10.3. The molecule has 86 valence electrons. The minimum atomic E-state index is -1.91. The summed E-state index contributed by atoms with van der Waals surface area (Å²) in [7, 11) is 10.0. The van der Waals surface area contributed by atoms with Gasteiger partial charge in [-0.25, -0.2) is 15.3 Å². The zero-order valence-corrected chi connectivity index (χ0v) is 11.3. The monoisotopic (exact) mass is 220 g/mol. The quantitative estimate of drug-likeness (QED) is 0.384. The largest absolute Gasteiger partial charge is 0.319 e. The molecule has 0 aromatic carbocycles. The second-order valence-electron chi connectivity index (χ2n) is 4.14. The first-order valence-corrected chi connectivity index (χ1v) is 7.10. The van der Waals surface area contributed by atoms with Gasteiger partial charge in [-0.1, -0.05) is 0 Å². The number of hydrogen-bond acceptors (Lipinski definition) is 6. The maximum absolute atomic E-state index is 3.39. The average Bonchev–Trinajstić information content (AvgIpc) is 1.76. The predicted molar refractivity (Wildman–Crippen MR) is 62.1 cm³/mol. The van der Waals surface area contributed by atoms with Crippen LogP contribution in [0.5, 0.6) is 0 Å². The second-order valence-corrected chi connectivity index (χ2v) is 7.06. The van der Waals surface area contributed by atoms with Crippen LogP contribution in [0, 0.1) is 0 Å². The van der Waals surface area contributed by atoms with E-state index in [1.807, 2.05) is 57.3 Å². The van der Waals surface area contributed by atoms with Crippen molar-refractivity contribution in [1.82, 2.24) is 30.3 Å². The molecule has 0 bridgehead atoms. The van der Waals surface area contributed by atoms with E-state index in [4.69, 9.17) is 0 Å². The fourth-order valence-corrected chi connectivity index (χ4v) is 4.25. The lowest BCUT2D eigenvalue weighted by Gasteiger charge is -2.36. The second kappa shape index (κ2) is 5.76. The maximum atomic E-state index is 3.39. The molecule has 0 saturated heterocycles. The molecule has 0 aromatic heterocycles. The van der Waals surface area contributed by atoms with E-state index in [-0.39, 0.29) is 0 Å². The van der Waals surface area contributed by atoms with Crippen molar-refractivity contribution in [2.24, 2.45) is 0 Å². The van der Waals surface area contributed by atoms with Crippen LogP contribution in [0.1, 0.15) is 0 Å². The van der Waals surface area contributed by atoms with Crippen LogP contribution in [0.2, 0.25) is 6.55 Å². The molecule has 0 rings (SSSR count). The predicted octanol–water partition coefficient (Wildman–Crippen LogP) is -1.25. The molecule has 0 spiro atoms. The summed E-state index contributed by atoms with van der Waals surface area (Å²) in [6.07, 6.45) is 0. The molecule has 7 heteroatoms. The van der Waals surface area contributed by atoms with Crippen LogP contribution in [0.25, 0.3) is 0 Å². The standard InChI is InChI=1S/C7H24N6Si/c1-11(2)8-14(7,9-12(3)4)10-13(5)6/h8-10H,1-7H3. The van der Waals surface area contributed by atoms with Crippen molar-refractivity contribution in [3.8, 4) is 0 Å². The summed E-state index contributed by atoms with van der Waals surface area (Å²) < 4.78 is 0. The van der Waals surface area contributed by atoms with Crippen molar-refractivity contribution >= 4 is 8.56 Å². The van der Waals surface area contributed by atoms with Crippen LogP contribution in [0.4, 0.5) is 0 Å². The number of nitrogens with zero attached hydrogens (tertiary/aromatic N) is 3. The molecule has 0 heterocycles. The van der Waals surface area contributed by atoms with Crippen molar-refractivity contribution in [1.29, 1.82) is 0 Å². The van der Waals surface area contributed by atoms with E-state index < -0.39 is 8.56 Å². The Balaban J connectivity index is 4.32. The van der Waals surface area contributed by atoms with Crippen LogP contribution in [-0.2, 0) is 0 Å². The number of rotatable bonds is 6. The van der Waals surface area contributed by atoms with Gasteiger partial charge in [-0.2, -0.15) is 0 Å². The van der Waals surface area contributed by atoms with Crippen molar-refractivity contribution in [2.45, 2.75) is 6.55 Å². The molecule has 0 atom stereocenters. The minimum Gasteiger partial charge on any atom is -0.255 e. The van der Waals surface area contributed by atoms with Gasteiger partial charge in [0.1, 0.15) is 0 Å². The fourth-order valence-electron chi connectivity index (χ4n) is 1.42. The normalized spacial score (nSPS) is 13.3. The minimum absolute atomic E-state index is 1.91. The molecule has 0 fully saturated rings. The van der Waals surface area contributed by atoms with Gasteiger partial charge in [-0.05, 0) is 6.55 Å². The molecule has 14 heavy (non-hydrogen) atoms. The van der Waals surface area contributed by atoms with Gasteiger partial charge < -0.3 is 0 Å². The van der Waals surface area contributed by atoms with Gasteiger partial charge in [0.15, 0.2) is 0 Å². The fraction of sp³-hybridized carbons (Fsp3) is 1.00. The van der Waals surface area contributed by atoms with Gasteiger partial charge in [0.2, 0.25) is 0 Å². The van der Waals surface area contributed by atoms with E-state index >= 15 is 0 Å². The Hall–Kier alpha value is -0.0231. The first-order valence-electron chi connectivity index (χ1n) is 4.60. The summed E-state index contributed by atoms with van der Waals surface area (Å²) in [5, 5.41) is 16.0. The van der Waals surface area contributed by atoms with E-state index in [1.165, 1.54) is 0 Å². The van der Waals surface area contributed by atoms with E-state index in [9.17, 15) is 0 Å². The molecule has 0 aliphatic carbocycles. The van der Waals surface area contributed by atoms with Crippen LogP contribution >= 0.6 is 0 Å².